The summed E-state index contributed by atoms with van der Waals surface area (Å²) in [6, 6.07) is 6.11. The monoisotopic (exact) mass is 301 g/mol. The number of pyridine rings is 1. The van der Waals surface area contributed by atoms with E-state index < -0.39 is 0 Å². The molecule has 0 radical (unpaired) electrons. The summed E-state index contributed by atoms with van der Waals surface area (Å²) < 4.78 is 8.62. The number of aromatic nitrogens is 3. The molecule has 21 heavy (non-hydrogen) atoms. The number of nitrogens with one attached hydrogen (secondary N) is 1. The first kappa shape index (κ1) is 14.2. The maximum atomic E-state index is 4.47. The first-order valence-electron chi connectivity index (χ1n) is 7.29. The van der Waals surface area contributed by atoms with Crippen LogP contribution in [-0.4, -0.2) is 44.8 Å². The van der Waals surface area contributed by atoms with Crippen LogP contribution in [0.5, 0.6) is 0 Å². The van der Waals surface area contributed by atoms with Gasteiger partial charge in [0.05, 0.1) is 11.7 Å². The van der Waals surface area contributed by atoms with Crippen molar-refractivity contribution in [3.63, 3.8) is 0 Å². The third-order valence-electron chi connectivity index (χ3n) is 3.77. The minimum absolute atomic E-state index is 0.893. The van der Waals surface area contributed by atoms with Crippen molar-refractivity contribution in [2.24, 2.45) is 0 Å². The SMILES string of the molecule is CCN(CC)CCNc1ccnc2c1ccc1nsnc12. The molecule has 2 heterocycles. The number of benzene rings is 1. The molecule has 3 aromatic rings. The van der Waals surface area contributed by atoms with Gasteiger partial charge < -0.3 is 10.2 Å². The fourth-order valence-electron chi connectivity index (χ4n) is 2.50. The number of hydrogen-bond acceptors (Lipinski definition) is 6. The molecule has 0 spiro atoms. The molecule has 110 valence electrons. The van der Waals surface area contributed by atoms with Gasteiger partial charge in [-0.05, 0) is 31.3 Å². The lowest BCUT2D eigenvalue weighted by Crippen LogP contribution is -2.28. The van der Waals surface area contributed by atoms with Gasteiger partial charge in [-0.1, -0.05) is 13.8 Å². The molecule has 6 heteroatoms. The molecule has 0 amide bonds. The zero-order valence-corrected chi connectivity index (χ0v) is 13.2. The molecule has 2 aromatic heterocycles. The molecule has 0 aliphatic carbocycles. The fourth-order valence-corrected chi connectivity index (χ4v) is 3.04. The highest BCUT2D eigenvalue weighted by Gasteiger charge is 2.08. The van der Waals surface area contributed by atoms with E-state index in [4.69, 9.17) is 0 Å². The lowest BCUT2D eigenvalue weighted by atomic mass is 10.1. The van der Waals surface area contributed by atoms with E-state index in [-0.39, 0.29) is 0 Å². The van der Waals surface area contributed by atoms with Crippen molar-refractivity contribution in [3.05, 3.63) is 24.4 Å². The first-order chi connectivity index (χ1) is 10.3. The van der Waals surface area contributed by atoms with E-state index in [0.717, 1.165) is 53.8 Å². The highest BCUT2D eigenvalue weighted by Crippen LogP contribution is 2.27. The van der Waals surface area contributed by atoms with E-state index in [2.05, 4.69) is 43.9 Å². The third kappa shape index (κ3) is 2.82. The topological polar surface area (TPSA) is 53.9 Å². The van der Waals surface area contributed by atoms with Gasteiger partial charge in [0.15, 0.2) is 0 Å². The number of fused-ring (bicyclic) bond motifs is 3. The zero-order chi connectivity index (χ0) is 14.7. The highest BCUT2D eigenvalue weighted by molar-refractivity contribution is 7.00. The second kappa shape index (κ2) is 6.32. The summed E-state index contributed by atoms with van der Waals surface area (Å²) in [7, 11) is 0. The van der Waals surface area contributed by atoms with Crippen molar-refractivity contribution in [2.75, 3.05) is 31.5 Å². The molecule has 5 nitrogen and oxygen atoms in total. The summed E-state index contributed by atoms with van der Waals surface area (Å²) in [5, 5.41) is 4.63. The van der Waals surface area contributed by atoms with Crippen LogP contribution in [0.2, 0.25) is 0 Å². The number of likely N-dealkylation sites (N-methyl/N-ethyl adjacent to an activating group) is 1. The van der Waals surface area contributed by atoms with E-state index in [1.54, 1.807) is 0 Å². The molecule has 1 N–H and O–H groups in total. The van der Waals surface area contributed by atoms with E-state index in [1.165, 1.54) is 11.7 Å². The van der Waals surface area contributed by atoms with Crippen LogP contribution in [0.15, 0.2) is 24.4 Å². The van der Waals surface area contributed by atoms with Crippen molar-refractivity contribution in [1.82, 2.24) is 18.6 Å². The number of rotatable bonds is 6. The molecule has 0 saturated carbocycles. The predicted octanol–water partition coefficient (Wildman–Crippen LogP) is 2.99. The van der Waals surface area contributed by atoms with Crippen LogP contribution in [0.25, 0.3) is 21.9 Å². The average molecular weight is 301 g/mol. The molecule has 3 rings (SSSR count). The standard InChI is InChI=1S/C15H19N5S/c1-3-20(4-2)10-9-16-12-7-8-17-14-11(12)5-6-13-15(14)19-21-18-13/h5-8H,3-4,9-10H2,1-2H3,(H,16,17). The molecular weight excluding hydrogens is 282 g/mol. The Kier molecular flexibility index (Phi) is 4.26. The Hall–Kier alpha value is -1.79. The summed E-state index contributed by atoms with van der Waals surface area (Å²) >= 11 is 1.23. The maximum Gasteiger partial charge on any atom is 0.131 e. The lowest BCUT2D eigenvalue weighted by Gasteiger charge is -2.18. The molecule has 1 aromatic carbocycles. The van der Waals surface area contributed by atoms with Gasteiger partial charge >= 0.3 is 0 Å². The third-order valence-corrected chi connectivity index (χ3v) is 4.32. The summed E-state index contributed by atoms with van der Waals surface area (Å²) in [5.41, 5.74) is 3.85. The van der Waals surface area contributed by atoms with Crippen LogP contribution in [0, 0.1) is 0 Å². The normalized spacial score (nSPS) is 11.6. The van der Waals surface area contributed by atoms with Crippen LogP contribution in [0.4, 0.5) is 5.69 Å². The summed E-state index contributed by atoms with van der Waals surface area (Å²) in [4.78, 5) is 6.87. The van der Waals surface area contributed by atoms with Crippen molar-refractivity contribution in [1.29, 1.82) is 0 Å². The summed E-state index contributed by atoms with van der Waals surface area (Å²) in [6.07, 6.45) is 1.83. The Labute approximate surface area is 128 Å². The Balaban J connectivity index is 1.85. The van der Waals surface area contributed by atoms with E-state index in [9.17, 15) is 0 Å². The molecule has 0 fully saturated rings. The van der Waals surface area contributed by atoms with Gasteiger partial charge in [-0.2, -0.15) is 8.75 Å². The van der Waals surface area contributed by atoms with Gasteiger partial charge in [0.2, 0.25) is 0 Å². The molecule has 0 aliphatic rings. The van der Waals surface area contributed by atoms with Gasteiger partial charge in [0.1, 0.15) is 16.6 Å². The zero-order valence-electron chi connectivity index (χ0n) is 12.3. The van der Waals surface area contributed by atoms with Crippen LogP contribution in [0.3, 0.4) is 0 Å². The average Bonchev–Trinajstić information content (AvgIpc) is 3.00. The summed E-state index contributed by atoms with van der Waals surface area (Å²) in [5.74, 6) is 0. The number of hydrogen-bond donors (Lipinski definition) is 1. The number of nitrogens with zero attached hydrogens (tertiary/aromatic N) is 4. The summed E-state index contributed by atoms with van der Waals surface area (Å²) in [6.45, 7) is 8.51. The largest absolute Gasteiger partial charge is 0.383 e. The molecule has 0 bridgehead atoms. The second-order valence-electron chi connectivity index (χ2n) is 4.91. The van der Waals surface area contributed by atoms with Crippen LogP contribution < -0.4 is 5.32 Å². The number of anilines is 1. The quantitative estimate of drug-likeness (QED) is 0.758. The highest BCUT2D eigenvalue weighted by atomic mass is 32.1. The van der Waals surface area contributed by atoms with E-state index in [1.807, 2.05) is 18.3 Å². The van der Waals surface area contributed by atoms with Gasteiger partial charge in [-0.15, -0.1) is 0 Å². The predicted molar refractivity (Wildman–Crippen MR) is 89.0 cm³/mol. The first-order valence-corrected chi connectivity index (χ1v) is 8.02. The van der Waals surface area contributed by atoms with Gasteiger partial charge in [0.25, 0.3) is 0 Å². The molecule has 0 atom stereocenters. The minimum atomic E-state index is 0.893. The Bertz CT molecular complexity index is 735. The van der Waals surface area contributed by atoms with Gasteiger partial charge in [0, 0.05) is 30.4 Å². The lowest BCUT2D eigenvalue weighted by molar-refractivity contribution is 0.316. The fraction of sp³-hybridized carbons (Fsp3) is 0.400. The molecule has 0 unspecified atom stereocenters. The molecule has 0 aliphatic heterocycles. The van der Waals surface area contributed by atoms with Gasteiger partial charge in [-0.25, -0.2) is 0 Å². The minimum Gasteiger partial charge on any atom is -0.383 e. The van der Waals surface area contributed by atoms with Crippen LogP contribution in [0.1, 0.15) is 13.8 Å². The van der Waals surface area contributed by atoms with Crippen molar-refractivity contribution in [3.8, 4) is 0 Å². The smallest absolute Gasteiger partial charge is 0.131 e. The van der Waals surface area contributed by atoms with Crippen molar-refractivity contribution >= 4 is 39.4 Å². The van der Waals surface area contributed by atoms with E-state index in [0.29, 0.717) is 0 Å². The molecule has 0 saturated heterocycles. The van der Waals surface area contributed by atoms with Crippen molar-refractivity contribution in [2.45, 2.75) is 13.8 Å². The van der Waals surface area contributed by atoms with Crippen LogP contribution >= 0.6 is 11.7 Å². The van der Waals surface area contributed by atoms with Crippen LogP contribution in [-0.2, 0) is 0 Å². The second-order valence-corrected chi connectivity index (χ2v) is 5.43. The maximum absolute atomic E-state index is 4.47. The Morgan fingerprint density at radius 3 is 2.76 bits per heavy atom. The Morgan fingerprint density at radius 1 is 1.10 bits per heavy atom. The molecular formula is C15H19N5S. The Morgan fingerprint density at radius 2 is 1.95 bits per heavy atom. The van der Waals surface area contributed by atoms with E-state index >= 15 is 0 Å². The van der Waals surface area contributed by atoms with Crippen molar-refractivity contribution < 1.29 is 0 Å². The van der Waals surface area contributed by atoms with Gasteiger partial charge in [-0.3, -0.25) is 4.98 Å².